The van der Waals surface area contributed by atoms with Gasteiger partial charge in [0.05, 0.1) is 10.6 Å². The van der Waals surface area contributed by atoms with E-state index < -0.39 is 6.04 Å². The molecular weight excluding hydrogens is 330 g/mol. The third kappa shape index (κ3) is 4.71. The first-order valence-electron chi connectivity index (χ1n) is 8.01. The van der Waals surface area contributed by atoms with Crippen LogP contribution in [-0.4, -0.2) is 36.3 Å². The Morgan fingerprint density at radius 1 is 1.42 bits per heavy atom. The second-order valence-electron chi connectivity index (χ2n) is 6.07. The molecule has 0 unspecified atom stereocenters. The van der Waals surface area contributed by atoms with Crippen molar-refractivity contribution in [2.45, 2.75) is 45.2 Å². The lowest BCUT2D eigenvalue weighted by Gasteiger charge is -2.24. The van der Waals surface area contributed by atoms with Gasteiger partial charge >= 0.3 is 0 Å². The van der Waals surface area contributed by atoms with E-state index in [4.69, 9.17) is 11.6 Å². The molecule has 0 aromatic heterocycles. The van der Waals surface area contributed by atoms with Crippen LogP contribution in [-0.2, 0) is 9.59 Å². The maximum atomic E-state index is 12.2. The van der Waals surface area contributed by atoms with E-state index in [-0.39, 0.29) is 30.3 Å². The molecule has 0 spiro atoms. The smallest absolute Gasteiger partial charge is 0.252 e. The van der Waals surface area contributed by atoms with Crippen molar-refractivity contribution in [2.75, 3.05) is 6.54 Å². The van der Waals surface area contributed by atoms with Crippen LogP contribution in [0.25, 0.3) is 0 Å². The highest BCUT2D eigenvalue weighted by Gasteiger charge is 2.25. The maximum Gasteiger partial charge on any atom is 0.252 e. The maximum absolute atomic E-state index is 12.2. The SMILES string of the molecule is Cc1cccc(C(=O)NC[C@H](C)NC(=O)[C@H]2CCCC(=O)N2)c1Cl. The number of nitrogens with one attached hydrogen (secondary N) is 3. The van der Waals surface area contributed by atoms with E-state index in [9.17, 15) is 14.4 Å². The molecule has 0 aliphatic carbocycles. The lowest BCUT2D eigenvalue weighted by molar-refractivity contribution is -0.131. The molecule has 1 aliphatic heterocycles. The molecule has 1 saturated heterocycles. The van der Waals surface area contributed by atoms with Crippen molar-refractivity contribution >= 4 is 29.3 Å². The molecule has 0 radical (unpaired) electrons. The molecule has 2 rings (SSSR count). The lowest BCUT2D eigenvalue weighted by atomic mass is 10.0. The molecular formula is C17H22ClN3O3. The Labute approximate surface area is 146 Å². The first-order chi connectivity index (χ1) is 11.4. The van der Waals surface area contributed by atoms with Crippen LogP contribution >= 0.6 is 11.6 Å². The Morgan fingerprint density at radius 3 is 2.88 bits per heavy atom. The summed E-state index contributed by atoms with van der Waals surface area (Å²) in [5, 5.41) is 8.66. The number of carbonyl (C=O) groups is 3. The Kier molecular flexibility index (Phi) is 6.20. The highest BCUT2D eigenvalue weighted by molar-refractivity contribution is 6.34. The number of piperidine rings is 1. The summed E-state index contributed by atoms with van der Waals surface area (Å²) in [5.74, 6) is -0.606. The summed E-state index contributed by atoms with van der Waals surface area (Å²) in [4.78, 5) is 35.6. The van der Waals surface area contributed by atoms with Gasteiger partial charge in [0.15, 0.2) is 0 Å². The Hall–Kier alpha value is -2.08. The van der Waals surface area contributed by atoms with Gasteiger partial charge in [-0.2, -0.15) is 0 Å². The van der Waals surface area contributed by atoms with E-state index in [2.05, 4.69) is 16.0 Å². The zero-order valence-electron chi connectivity index (χ0n) is 13.8. The van der Waals surface area contributed by atoms with Gasteiger partial charge in [-0.05, 0) is 38.3 Å². The van der Waals surface area contributed by atoms with E-state index in [1.807, 2.05) is 13.0 Å². The lowest BCUT2D eigenvalue weighted by Crippen LogP contribution is -2.52. The number of aryl methyl sites for hydroxylation is 1. The van der Waals surface area contributed by atoms with Crippen molar-refractivity contribution in [1.29, 1.82) is 0 Å². The zero-order chi connectivity index (χ0) is 17.7. The van der Waals surface area contributed by atoms with Crippen LogP contribution in [0.15, 0.2) is 18.2 Å². The average Bonchev–Trinajstić information content (AvgIpc) is 2.55. The largest absolute Gasteiger partial charge is 0.350 e. The van der Waals surface area contributed by atoms with Crippen molar-refractivity contribution < 1.29 is 14.4 Å². The molecule has 6 nitrogen and oxygen atoms in total. The molecule has 3 N–H and O–H groups in total. The van der Waals surface area contributed by atoms with E-state index in [1.165, 1.54) is 0 Å². The summed E-state index contributed by atoms with van der Waals surface area (Å²) in [6, 6.07) is 4.51. The Bertz CT molecular complexity index is 648. The summed E-state index contributed by atoms with van der Waals surface area (Å²) in [6.07, 6.45) is 1.81. The van der Waals surface area contributed by atoms with Crippen molar-refractivity contribution in [3.05, 3.63) is 34.3 Å². The molecule has 7 heteroatoms. The fraction of sp³-hybridized carbons (Fsp3) is 0.471. The number of amides is 3. The van der Waals surface area contributed by atoms with Crippen LogP contribution < -0.4 is 16.0 Å². The van der Waals surface area contributed by atoms with Crippen LogP contribution in [0.2, 0.25) is 5.02 Å². The monoisotopic (exact) mass is 351 g/mol. The fourth-order valence-corrected chi connectivity index (χ4v) is 2.77. The molecule has 1 aromatic rings. The number of halogens is 1. The summed E-state index contributed by atoms with van der Waals surface area (Å²) in [6.45, 7) is 3.90. The minimum absolute atomic E-state index is 0.101. The summed E-state index contributed by atoms with van der Waals surface area (Å²) in [5.41, 5.74) is 1.24. The van der Waals surface area contributed by atoms with Gasteiger partial charge in [-0.15, -0.1) is 0 Å². The van der Waals surface area contributed by atoms with Crippen LogP contribution in [0.5, 0.6) is 0 Å². The molecule has 1 fully saturated rings. The summed E-state index contributed by atoms with van der Waals surface area (Å²) in [7, 11) is 0. The summed E-state index contributed by atoms with van der Waals surface area (Å²) >= 11 is 6.13. The van der Waals surface area contributed by atoms with Gasteiger partial charge in [-0.1, -0.05) is 23.7 Å². The fourth-order valence-electron chi connectivity index (χ4n) is 2.56. The molecule has 3 amide bonds. The first kappa shape index (κ1) is 18.3. The topological polar surface area (TPSA) is 87.3 Å². The number of benzene rings is 1. The third-order valence-electron chi connectivity index (χ3n) is 3.94. The zero-order valence-corrected chi connectivity index (χ0v) is 14.6. The van der Waals surface area contributed by atoms with E-state index in [0.717, 1.165) is 5.56 Å². The van der Waals surface area contributed by atoms with Crippen LogP contribution in [0, 0.1) is 6.92 Å². The quantitative estimate of drug-likeness (QED) is 0.752. The van der Waals surface area contributed by atoms with Crippen LogP contribution in [0.1, 0.15) is 42.1 Å². The average molecular weight is 352 g/mol. The number of carbonyl (C=O) groups excluding carboxylic acids is 3. The standard InChI is InChI=1S/C17H22ClN3O3/c1-10-5-3-6-12(15(10)18)16(23)19-9-11(2)20-17(24)13-7-4-8-14(22)21-13/h3,5-6,11,13H,4,7-9H2,1-2H3,(H,19,23)(H,20,24)(H,21,22)/t11-,13+/m0/s1. The predicted molar refractivity (Wildman–Crippen MR) is 91.9 cm³/mol. The first-order valence-corrected chi connectivity index (χ1v) is 8.39. The van der Waals surface area contributed by atoms with Gasteiger partial charge in [0.2, 0.25) is 11.8 Å². The third-order valence-corrected chi connectivity index (χ3v) is 4.44. The van der Waals surface area contributed by atoms with Crippen molar-refractivity contribution in [3.63, 3.8) is 0 Å². The summed E-state index contributed by atoms with van der Waals surface area (Å²) < 4.78 is 0. The molecule has 1 heterocycles. The van der Waals surface area contributed by atoms with E-state index >= 15 is 0 Å². The van der Waals surface area contributed by atoms with Crippen LogP contribution in [0.3, 0.4) is 0 Å². The highest BCUT2D eigenvalue weighted by atomic mass is 35.5. The Balaban J connectivity index is 1.83. The van der Waals surface area contributed by atoms with Gasteiger partial charge in [-0.25, -0.2) is 0 Å². The minimum atomic E-state index is -0.490. The molecule has 0 saturated carbocycles. The van der Waals surface area contributed by atoms with Crippen molar-refractivity contribution in [3.8, 4) is 0 Å². The molecule has 24 heavy (non-hydrogen) atoms. The second-order valence-corrected chi connectivity index (χ2v) is 6.45. The second kappa shape index (κ2) is 8.15. The van der Waals surface area contributed by atoms with Crippen molar-refractivity contribution in [1.82, 2.24) is 16.0 Å². The highest BCUT2D eigenvalue weighted by Crippen LogP contribution is 2.19. The molecule has 130 valence electrons. The molecule has 1 aliphatic rings. The van der Waals surface area contributed by atoms with Gasteiger partial charge in [0.1, 0.15) is 6.04 Å². The minimum Gasteiger partial charge on any atom is -0.350 e. The normalized spacial score (nSPS) is 18.5. The van der Waals surface area contributed by atoms with Gasteiger partial charge in [-0.3, -0.25) is 14.4 Å². The number of hydrogen-bond donors (Lipinski definition) is 3. The molecule has 2 atom stereocenters. The van der Waals surface area contributed by atoms with Gasteiger partial charge in [0.25, 0.3) is 5.91 Å². The predicted octanol–water partition coefficient (Wildman–Crippen LogP) is 1.55. The van der Waals surface area contributed by atoms with Crippen molar-refractivity contribution in [2.24, 2.45) is 0 Å². The van der Waals surface area contributed by atoms with Gasteiger partial charge in [0, 0.05) is 19.0 Å². The van der Waals surface area contributed by atoms with E-state index in [1.54, 1.807) is 19.1 Å². The molecule has 0 bridgehead atoms. The van der Waals surface area contributed by atoms with Crippen LogP contribution in [0.4, 0.5) is 0 Å². The van der Waals surface area contributed by atoms with E-state index in [0.29, 0.717) is 29.8 Å². The number of rotatable bonds is 5. The Morgan fingerprint density at radius 2 is 2.17 bits per heavy atom. The van der Waals surface area contributed by atoms with Gasteiger partial charge < -0.3 is 16.0 Å². The molecule has 1 aromatic carbocycles. The number of hydrogen-bond acceptors (Lipinski definition) is 3.